The van der Waals surface area contributed by atoms with Crippen molar-refractivity contribution in [2.75, 3.05) is 19.6 Å². The lowest BCUT2D eigenvalue weighted by Gasteiger charge is -2.42. The summed E-state index contributed by atoms with van der Waals surface area (Å²) >= 11 is 0. The lowest BCUT2D eigenvalue weighted by atomic mass is 10.1. The van der Waals surface area contributed by atoms with Crippen molar-refractivity contribution < 1.29 is 19.5 Å². The summed E-state index contributed by atoms with van der Waals surface area (Å²) in [6.45, 7) is 10.0. The van der Waals surface area contributed by atoms with Gasteiger partial charge in [-0.25, -0.2) is 4.79 Å². The Morgan fingerprint density at radius 2 is 1.75 bits per heavy atom. The first-order valence-corrected chi connectivity index (χ1v) is 7.88. The predicted octanol–water partition coefficient (Wildman–Crippen LogP) is 2.81. The van der Waals surface area contributed by atoms with E-state index in [0.29, 0.717) is 23.9 Å². The number of quaternary nitrogens is 1. The van der Waals surface area contributed by atoms with Gasteiger partial charge in [0.15, 0.2) is 6.04 Å². The maximum absolute atomic E-state index is 11.5. The van der Waals surface area contributed by atoms with Gasteiger partial charge in [0.05, 0.1) is 13.1 Å². The molecule has 0 aliphatic heterocycles. The molecule has 2 atom stereocenters. The second kappa shape index (κ2) is 9.94. The maximum atomic E-state index is 11.5. The summed E-state index contributed by atoms with van der Waals surface area (Å²) in [6.07, 6.45) is 6.91. The summed E-state index contributed by atoms with van der Waals surface area (Å²) in [5.41, 5.74) is 0. The quantitative estimate of drug-likeness (QED) is 0.453. The Morgan fingerprint density at radius 3 is 2.15 bits per heavy atom. The molecule has 0 aromatic carbocycles. The highest BCUT2D eigenvalue weighted by atomic mass is 16.4. The summed E-state index contributed by atoms with van der Waals surface area (Å²) in [7, 11) is 0. The molecule has 0 aliphatic carbocycles. The zero-order valence-corrected chi connectivity index (χ0v) is 13.5. The van der Waals surface area contributed by atoms with Crippen LogP contribution >= 0.6 is 0 Å². The number of likely N-dealkylation sites (N-methyl/N-ethyl adjacent to an activating group) is 1. The van der Waals surface area contributed by atoms with Crippen LogP contribution in [-0.4, -0.2) is 52.4 Å². The molecule has 2 N–H and O–H groups in total. The minimum atomic E-state index is -0.755. The Morgan fingerprint density at radius 1 is 1.15 bits per heavy atom. The molecule has 0 aliphatic rings. The van der Waals surface area contributed by atoms with Crippen LogP contribution in [0, 0.1) is 0 Å². The van der Waals surface area contributed by atoms with Gasteiger partial charge in [0, 0.05) is 6.42 Å². The van der Waals surface area contributed by atoms with Crippen LogP contribution in [0.4, 0.5) is 0 Å². The highest BCUT2D eigenvalue weighted by molar-refractivity contribution is 5.72. The van der Waals surface area contributed by atoms with E-state index in [1.54, 1.807) is 0 Å². The van der Waals surface area contributed by atoms with Gasteiger partial charge in [-0.3, -0.25) is 0 Å². The average molecular weight is 286 g/mol. The van der Waals surface area contributed by atoms with Gasteiger partial charge in [-0.15, -0.1) is 0 Å². The Bertz CT molecular complexity index is 298. The number of hydrogen-bond donors (Lipinski definition) is 2. The normalized spacial score (nSPS) is 15.4. The van der Waals surface area contributed by atoms with Crippen LogP contribution < -0.4 is 0 Å². The molecule has 0 bridgehead atoms. The molecule has 0 heterocycles. The first-order chi connectivity index (χ1) is 9.47. The molecule has 0 radical (unpaired) electrons. The van der Waals surface area contributed by atoms with E-state index in [-0.39, 0.29) is 0 Å². The van der Waals surface area contributed by atoms with Gasteiger partial charge in [-0.2, -0.15) is 0 Å². The standard InChI is InChI=1S/C16H31NO3/c1-5-9-10-11-12-14(18)13-17(7-3,8-4)15(6-2)16(19)20/h9-10,14-15,18H,5-8,11-13H2,1-4H3/p+1/b10-9+. The smallest absolute Gasteiger partial charge is 0.362 e. The minimum absolute atomic E-state index is 0.425. The average Bonchev–Trinajstić information content (AvgIpc) is 2.42. The Labute approximate surface area is 123 Å². The van der Waals surface area contributed by atoms with E-state index in [1.807, 2.05) is 20.8 Å². The number of rotatable bonds is 11. The van der Waals surface area contributed by atoms with Crippen molar-refractivity contribution in [3.05, 3.63) is 12.2 Å². The molecular weight excluding hydrogens is 254 g/mol. The van der Waals surface area contributed by atoms with Crippen molar-refractivity contribution in [3.63, 3.8) is 0 Å². The Kier molecular flexibility index (Phi) is 9.51. The van der Waals surface area contributed by atoms with Crippen molar-refractivity contribution in [2.45, 2.75) is 65.5 Å². The summed E-state index contributed by atoms with van der Waals surface area (Å²) in [4.78, 5) is 11.5. The molecule has 118 valence electrons. The number of carbonyl (C=O) groups is 1. The summed E-state index contributed by atoms with van der Waals surface area (Å²) in [5, 5.41) is 19.7. The van der Waals surface area contributed by atoms with Crippen LogP contribution in [0.5, 0.6) is 0 Å². The first kappa shape index (κ1) is 19.1. The van der Waals surface area contributed by atoms with E-state index in [4.69, 9.17) is 0 Å². The number of aliphatic carboxylic acids is 1. The molecule has 4 nitrogen and oxygen atoms in total. The molecule has 0 saturated carbocycles. The molecule has 0 saturated heterocycles. The van der Waals surface area contributed by atoms with Gasteiger partial charge in [0.25, 0.3) is 0 Å². The number of allylic oxidation sites excluding steroid dienone is 2. The maximum Gasteiger partial charge on any atom is 0.362 e. The van der Waals surface area contributed by atoms with Crippen LogP contribution in [0.2, 0.25) is 0 Å². The van der Waals surface area contributed by atoms with Crippen LogP contribution in [-0.2, 0) is 4.79 Å². The van der Waals surface area contributed by atoms with Gasteiger partial charge >= 0.3 is 5.97 Å². The van der Waals surface area contributed by atoms with Crippen molar-refractivity contribution in [2.24, 2.45) is 0 Å². The zero-order valence-electron chi connectivity index (χ0n) is 13.5. The van der Waals surface area contributed by atoms with Crippen molar-refractivity contribution in [1.29, 1.82) is 0 Å². The second-order valence-electron chi connectivity index (χ2n) is 5.41. The minimum Gasteiger partial charge on any atom is -0.477 e. The zero-order chi connectivity index (χ0) is 15.6. The molecule has 0 aromatic rings. The van der Waals surface area contributed by atoms with Crippen LogP contribution in [0.25, 0.3) is 0 Å². The SMILES string of the molecule is CC/C=C/CCC(O)C[N+](CC)(CC)C(CC)C(=O)O. The number of carboxylic acid groups (broad SMARTS) is 1. The highest BCUT2D eigenvalue weighted by Crippen LogP contribution is 2.19. The van der Waals surface area contributed by atoms with E-state index in [2.05, 4.69) is 19.1 Å². The topological polar surface area (TPSA) is 57.5 Å². The fourth-order valence-corrected chi connectivity index (χ4v) is 2.93. The lowest BCUT2D eigenvalue weighted by molar-refractivity contribution is -0.943. The highest BCUT2D eigenvalue weighted by Gasteiger charge is 2.39. The molecular formula is C16H32NO3+. The molecule has 0 rings (SSSR count). The molecule has 0 fully saturated rings. The van der Waals surface area contributed by atoms with E-state index < -0.39 is 18.1 Å². The number of aliphatic hydroxyl groups excluding tert-OH is 1. The fourth-order valence-electron chi connectivity index (χ4n) is 2.93. The van der Waals surface area contributed by atoms with Gasteiger partial charge in [-0.05, 0) is 33.1 Å². The Hall–Kier alpha value is -0.870. The van der Waals surface area contributed by atoms with E-state index in [0.717, 1.165) is 25.9 Å². The van der Waals surface area contributed by atoms with Crippen LogP contribution in [0.3, 0.4) is 0 Å². The first-order valence-electron chi connectivity index (χ1n) is 7.88. The lowest BCUT2D eigenvalue weighted by Crippen LogP contribution is -2.61. The summed E-state index contributed by atoms with van der Waals surface area (Å²) in [6, 6.07) is -0.425. The summed E-state index contributed by atoms with van der Waals surface area (Å²) in [5.74, 6) is -0.755. The fraction of sp³-hybridized carbons (Fsp3) is 0.812. The third-order valence-corrected chi connectivity index (χ3v) is 4.24. The van der Waals surface area contributed by atoms with Gasteiger partial charge in [-0.1, -0.05) is 26.0 Å². The summed E-state index contributed by atoms with van der Waals surface area (Å²) < 4.78 is 0.463. The molecule has 2 unspecified atom stereocenters. The largest absolute Gasteiger partial charge is 0.477 e. The monoisotopic (exact) mass is 286 g/mol. The predicted molar refractivity (Wildman–Crippen MR) is 82.6 cm³/mol. The van der Waals surface area contributed by atoms with Gasteiger partial charge in [0.1, 0.15) is 12.6 Å². The van der Waals surface area contributed by atoms with Crippen molar-refractivity contribution >= 4 is 5.97 Å². The van der Waals surface area contributed by atoms with Crippen LogP contribution in [0.15, 0.2) is 12.2 Å². The molecule has 20 heavy (non-hydrogen) atoms. The number of nitrogens with zero attached hydrogens (tertiary/aromatic N) is 1. The van der Waals surface area contributed by atoms with E-state index in [9.17, 15) is 15.0 Å². The third-order valence-electron chi connectivity index (χ3n) is 4.24. The van der Waals surface area contributed by atoms with E-state index in [1.165, 1.54) is 0 Å². The van der Waals surface area contributed by atoms with Crippen molar-refractivity contribution in [3.8, 4) is 0 Å². The third kappa shape index (κ3) is 5.63. The Balaban J connectivity index is 4.74. The molecule has 0 amide bonds. The van der Waals surface area contributed by atoms with E-state index >= 15 is 0 Å². The van der Waals surface area contributed by atoms with Gasteiger partial charge in [0.2, 0.25) is 0 Å². The number of hydrogen-bond acceptors (Lipinski definition) is 2. The van der Waals surface area contributed by atoms with Crippen molar-refractivity contribution in [1.82, 2.24) is 0 Å². The number of carboxylic acids is 1. The molecule has 4 heteroatoms. The molecule has 0 spiro atoms. The van der Waals surface area contributed by atoms with Crippen LogP contribution in [0.1, 0.15) is 53.4 Å². The number of aliphatic hydroxyl groups is 1. The second-order valence-corrected chi connectivity index (χ2v) is 5.41. The van der Waals surface area contributed by atoms with Gasteiger partial charge < -0.3 is 14.7 Å². The molecule has 0 aromatic heterocycles.